The molecule has 2 aromatic rings. The highest BCUT2D eigenvalue weighted by atomic mass is 19.1. The summed E-state index contributed by atoms with van der Waals surface area (Å²) in [5, 5.41) is 0. The van der Waals surface area contributed by atoms with E-state index in [1.165, 1.54) is 12.3 Å². The highest BCUT2D eigenvalue weighted by Gasteiger charge is 2.05. The van der Waals surface area contributed by atoms with E-state index in [9.17, 15) is 9.18 Å². The molecule has 1 aromatic carbocycles. The zero-order chi connectivity index (χ0) is 10.8. The lowest BCUT2D eigenvalue weighted by atomic mass is 10.1. The topological polar surface area (TPSA) is 45.8 Å². The van der Waals surface area contributed by atoms with Gasteiger partial charge in [0.1, 0.15) is 17.3 Å². The van der Waals surface area contributed by atoms with Gasteiger partial charge in [0.15, 0.2) is 6.29 Å². The van der Waals surface area contributed by atoms with Crippen LogP contribution in [0.1, 0.15) is 16.1 Å². The van der Waals surface area contributed by atoms with Crippen molar-refractivity contribution in [3.8, 4) is 11.4 Å². The van der Waals surface area contributed by atoms with Crippen LogP contribution in [0.15, 0.2) is 24.4 Å². The smallest absolute Gasteiger partial charge is 0.170 e. The first kappa shape index (κ1) is 9.58. The van der Waals surface area contributed by atoms with E-state index in [0.717, 1.165) is 5.56 Å². The quantitative estimate of drug-likeness (QED) is 0.763. The van der Waals surface area contributed by atoms with E-state index in [1.807, 2.05) is 0 Å². The van der Waals surface area contributed by atoms with Gasteiger partial charge in [-0.15, -0.1) is 0 Å². The van der Waals surface area contributed by atoms with Crippen LogP contribution in [0.2, 0.25) is 0 Å². The van der Waals surface area contributed by atoms with E-state index < -0.39 is 0 Å². The van der Waals surface area contributed by atoms with Gasteiger partial charge in [-0.2, -0.15) is 0 Å². The molecule has 0 bridgehead atoms. The number of aromatic nitrogens is 2. The zero-order valence-electron chi connectivity index (χ0n) is 8.12. The number of imidazole rings is 1. The largest absolute Gasteiger partial charge is 0.344 e. The number of H-pyrrole nitrogens is 1. The van der Waals surface area contributed by atoms with Gasteiger partial charge < -0.3 is 4.98 Å². The van der Waals surface area contributed by atoms with Crippen LogP contribution in [0.5, 0.6) is 0 Å². The summed E-state index contributed by atoms with van der Waals surface area (Å²) in [6.07, 6.45) is 2.18. The van der Waals surface area contributed by atoms with Gasteiger partial charge in [-0.05, 0) is 30.7 Å². The molecule has 0 saturated carbocycles. The van der Waals surface area contributed by atoms with Gasteiger partial charge in [-0.1, -0.05) is 0 Å². The second kappa shape index (κ2) is 3.65. The van der Waals surface area contributed by atoms with Crippen molar-refractivity contribution in [1.29, 1.82) is 0 Å². The predicted octanol–water partition coefficient (Wildman–Crippen LogP) is 2.34. The molecule has 2 rings (SSSR count). The standard InChI is InChI=1S/C11H9FN2O/c1-7-4-8(2-3-10(7)12)11-13-5-9(6-15)14-11/h2-6H,1H3,(H,13,14). The molecule has 1 aromatic heterocycles. The Balaban J connectivity index is 2.44. The number of benzene rings is 1. The first-order valence-corrected chi connectivity index (χ1v) is 4.48. The lowest BCUT2D eigenvalue weighted by Gasteiger charge is -1.99. The molecule has 0 fully saturated rings. The fourth-order valence-electron chi connectivity index (χ4n) is 1.34. The Morgan fingerprint density at radius 1 is 1.47 bits per heavy atom. The van der Waals surface area contributed by atoms with Gasteiger partial charge in [-0.3, -0.25) is 4.79 Å². The lowest BCUT2D eigenvalue weighted by molar-refractivity contribution is 0.111. The molecule has 0 amide bonds. The Hall–Kier alpha value is -1.97. The van der Waals surface area contributed by atoms with Gasteiger partial charge in [0.05, 0.1) is 0 Å². The molecule has 0 aliphatic heterocycles. The van der Waals surface area contributed by atoms with Crippen LogP contribution in [0.4, 0.5) is 4.39 Å². The summed E-state index contributed by atoms with van der Waals surface area (Å²) in [5.74, 6) is 0.320. The van der Waals surface area contributed by atoms with E-state index >= 15 is 0 Å². The van der Waals surface area contributed by atoms with Crippen molar-refractivity contribution in [3.63, 3.8) is 0 Å². The normalized spacial score (nSPS) is 10.3. The molecule has 0 unspecified atom stereocenters. The molecule has 4 heteroatoms. The van der Waals surface area contributed by atoms with Crippen LogP contribution < -0.4 is 0 Å². The summed E-state index contributed by atoms with van der Waals surface area (Å²) in [6.45, 7) is 1.68. The first-order chi connectivity index (χ1) is 7.20. The van der Waals surface area contributed by atoms with E-state index in [1.54, 1.807) is 19.1 Å². The van der Waals surface area contributed by atoms with Crippen LogP contribution in [0.25, 0.3) is 11.4 Å². The number of nitrogens with one attached hydrogen (secondary N) is 1. The molecule has 1 heterocycles. The second-order valence-electron chi connectivity index (χ2n) is 3.26. The minimum atomic E-state index is -0.249. The minimum absolute atomic E-state index is 0.249. The maximum Gasteiger partial charge on any atom is 0.170 e. The van der Waals surface area contributed by atoms with Crippen molar-refractivity contribution in [2.75, 3.05) is 0 Å². The third kappa shape index (κ3) is 1.79. The summed E-state index contributed by atoms with van der Waals surface area (Å²) < 4.78 is 13.0. The van der Waals surface area contributed by atoms with Gasteiger partial charge >= 0.3 is 0 Å². The number of aldehydes is 1. The Morgan fingerprint density at radius 2 is 2.27 bits per heavy atom. The van der Waals surface area contributed by atoms with Crippen molar-refractivity contribution in [2.24, 2.45) is 0 Å². The number of hydrogen-bond acceptors (Lipinski definition) is 2. The first-order valence-electron chi connectivity index (χ1n) is 4.48. The van der Waals surface area contributed by atoms with E-state index in [-0.39, 0.29) is 5.82 Å². The average molecular weight is 204 g/mol. The van der Waals surface area contributed by atoms with Crippen molar-refractivity contribution in [2.45, 2.75) is 6.92 Å². The maximum absolute atomic E-state index is 13.0. The Labute approximate surface area is 86.0 Å². The van der Waals surface area contributed by atoms with Crippen LogP contribution >= 0.6 is 0 Å². The average Bonchev–Trinajstić information content (AvgIpc) is 2.70. The molecule has 0 atom stereocenters. The second-order valence-corrected chi connectivity index (χ2v) is 3.26. The zero-order valence-corrected chi connectivity index (χ0v) is 8.12. The van der Waals surface area contributed by atoms with Crippen molar-refractivity contribution >= 4 is 6.29 Å². The number of carbonyl (C=O) groups excluding carboxylic acids is 1. The molecular formula is C11H9FN2O. The van der Waals surface area contributed by atoms with Gasteiger partial charge in [0.25, 0.3) is 0 Å². The third-order valence-corrected chi connectivity index (χ3v) is 2.15. The molecule has 0 radical (unpaired) electrons. The molecule has 0 saturated heterocycles. The SMILES string of the molecule is Cc1cc(-c2nc(C=O)c[nH]2)ccc1F. The highest BCUT2D eigenvalue weighted by molar-refractivity contribution is 5.73. The van der Waals surface area contributed by atoms with Crippen molar-refractivity contribution < 1.29 is 9.18 Å². The molecule has 0 spiro atoms. The van der Waals surface area contributed by atoms with Gasteiger partial charge in [0, 0.05) is 11.8 Å². The molecule has 3 nitrogen and oxygen atoms in total. The van der Waals surface area contributed by atoms with Crippen molar-refractivity contribution in [3.05, 3.63) is 41.5 Å². The minimum Gasteiger partial charge on any atom is -0.344 e. The number of aryl methyl sites for hydroxylation is 1. The molecular weight excluding hydrogens is 195 g/mol. The summed E-state index contributed by atoms with van der Waals surface area (Å²) in [7, 11) is 0. The van der Waals surface area contributed by atoms with Gasteiger partial charge in [-0.25, -0.2) is 9.37 Å². The third-order valence-electron chi connectivity index (χ3n) is 2.15. The molecule has 1 N–H and O–H groups in total. The molecule has 0 aliphatic carbocycles. The Bertz CT molecular complexity index is 505. The molecule has 76 valence electrons. The molecule has 15 heavy (non-hydrogen) atoms. The maximum atomic E-state index is 13.0. The summed E-state index contributed by atoms with van der Waals surface area (Å²) >= 11 is 0. The fraction of sp³-hybridized carbons (Fsp3) is 0.0909. The van der Waals surface area contributed by atoms with Gasteiger partial charge in [0.2, 0.25) is 0 Å². The number of rotatable bonds is 2. The molecule has 0 aliphatic rings. The van der Waals surface area contributed by atoms with Crippen LogP contribution in [0.3, 0.4) is 0 Å². The number of nitrogens with zero attached hydrogens (tertiary/aromatic N) is 1. The fourth-order valence-corrected chi connectivity index (χ4v) is 1.34. The summed E-state index contributed by atoms with van der Waals surface area (Å²) in [6, 6.07) is 4.69. The predicted molar refractivity (Wildman–Crippen MR) is 54.1 cm³/mol. The number of hydrogen-bond donors (Lipinski definition) is 1. The number of aromatic amines is 1. The highest BCUT2D eigenvalue weighted by Crippen LogP contribution is 2.18. The van der Waals surface area contributed by atoms with E-state index in [2.05, 4.69) is 9.97 Å². The summed E-state index contributed by atoms with van der Waals surface area (Å²) in [4.78, 5) is 17.3. The summed E-state index contributed by atoms with van der Waals surface area (Å²) in [5.41, 5.74) is 1.66. The van der Waals surface area contributed by atoms with Crippen LogP contribution in [-0.2, 0) is 0 Å². The number of carbonyl (C=O) groups is 1. The number of halogens is 1. The Kier molecular flexibility index (Phi) is 2.33. The van der Waals surface area contributed by atoms with E-state index in [4.69, 9.17) is 0 Å². The lowest BCUT2D eigenvalue weighted by Crippen LogP contribution is -1.86. The van der Waals surface area contributed by atoms with E-state index in [0.29, 0.717) is 23.4 Å². The Morgan fingerprint density at radius 3 is 2.87 bits per heavy atom. The van der Waals surface area contributed by atoms with Crippen LogP contribution in [0, 0.1) is 12.7 Å². The van der Waals surface area contributed by atoms with Crippen molar-refractivity contribution in [1.82, 2.24) is 9.97 Å². The monoisotopic (exact) mass is 204 g/mol. The van der Waals surface area contributed by atoms with Crippen LogP contribution in [-0.4, -0.2) is 16.3 Å².